The summed E-state index contributed by atoms with van der Waals surface area (Å²) in [5.74, 6) is 1.09. The first-order valence-electron chi connectivity index (χ1n) is 9.88. The molecule has 3 aromatic rings. The second kappa shape index (κ2) is 7.89. The van der Waals surface area contributed by atoms with Gasteiger partial charge in [0.2, 0.25) is 0 Å². The number of benzene rings is 3. The third-order valence-corrected chi connectivity index (χ3v) is 5.51. The number of carbonyl (C=O) groups excluding carboxylic acids is 1. The quantitative estimate of drug-likeness (QED) is 0.466. The molecule has 0 saturated heterocycles. The molecule has 0 radical (unpaired) electrons. The van der Waals surface area contributed by atoms with Gasteiger partial charge in [-0.3, -0.25) is 4.79 Å². The Morgan fingerprint density at radius 1 is 1.00 bits per heavy atom. The molecule has 142 valence electrons. The van der Waals surface area contributed by atoms with E-state index in [4.69, 9.17) is 4.74 Å². The average Bonchev–Trinajstić information content (AvgIpc) is 3.10. The Morgan fingerprint density at radius 2 is 1.75 bits per heavy atom. The number of anilines is 1. The van der Waals surface area contributed by atoms with E-state index in [0.29, 0.717) is 11.7 Å². The van der Waals surface area contributed by atoms with Crippen LogP contribution in [0.15, 0.2) is 66.7 Å². The lowest BCUT2D eigenvalue weighted by Crippen LogP contribution is -2.20. The van der Waals surface area contributed by atoms with E-state index in [1.54, 1.807) is 0 Å². The second-order valence-electron chi connectivity index (χ2n) is 7.42. The molecule has 1 amide bonds. The SMILES string of the molecule is CC[C@@H](C)c1ccc(OCC(=O)Nc2ccc3c(c2)Cc2ccccc2-3)cc1. The summed E-state index contributed by atoms with van der Waals surface area (Å²) in [7, 11) is 0. The molecule has 1 atom stereocenters. The Labute approximate surface area is 166 Å². The van der Waals surface area contributed by atoms with E-state index in [1.807, 2.05) is 18.2 Å². The largest absolute Gasteiger partial charge is 0.484 e. The molecule has 1 aliphatic rings. The van der Waals surface area contributed by atoms with Gasteiger partial charge in [0, 0.05) is 5.69 Å². The van der Waals surface area contributed by atoms with Crippen molar-refractivity contribution in [2.75, 3.05) is 11.9 Å². The van der Waals surface area contributed by atoms with Crippen LogP contribution in [0, 0.1) is 0 Å². The normalized spacial score (nSPS) is 12.8. The van der Waals surface area contributed by atoms with Crippen molar-refractivity contribution < 1.29 is 9.53 Å². The van der Waals surface area contributed by atoms with Crippen LogP contribution in [-0.4, -0.2) is 12.5 Å². The molecular formula is C25H25NO2. The van der Waals surface area contributed by atoms with Gasteiger partial charge in [-0.05, 0) is 70.8 Å². The van der Waals surface area contributed by atoms with Crippen LogP contribution in [0.1, 0.15) is 42.9 Å². The van der Waals surface area contributed by atoms with Gasteiger partial charge in [-0.1, -0.05) is 56.3 Å². The fourth-order valence-corrected chi connectivity index (χ4v) is 3.70. The summed E-state index contributed by atoms with van der Waals surface area (Å²) in [6.45, 7) is 4.38. The minimum absolute atomic E-state index is 0.0000116. The van der Waals surface area contributed by atoms with Crippen LogP contribution in [0.3, 0.4) is 0 Å². The van der Waals surface area contributed by atoms with Crippen molar-refractivity contribution in [2.24, 2.45) is 0 Å². The van der Waals surface area contributed by atoms with Crippen molar-refractivity contribution in [1.29, 1.82) is 0 Å². The summed E-state index contributed by atoms with van der Waals surface area (Å²) in [6, 6.07) is 22.6. The second-order valence-corrected chi connectivity index (χ2v) is 7.42. The summed E-state index contributed by atoms with van der Waals surface area (Å²) in [4.78, 5) is 12.3. The average molecular weight is 371 g/mol. The maximum atomic E-state index is 12.3. The van der Waals surface area contributed by atoms with Crippen LogP contribution in [0.25, 0.3) is 11.1 Å². The number of hydrogen-bond donors (Lipinski definition) is 1. The topological polar surface area (TPSA) is 38.3 Å². The van der Waals surface area contributed by atoms with Crippen LogP contribution >= 0.6 is 0 Å². The molecule has 0 unspecified atom stereocenters. The Balaban J connectivity index is 1.35. The Morgan fingerprint density at radius 3 is 2.54 bits per heavy atom. The summed E-state index contributed by atoms with van der Waals surface area (Å²) >= 11 is 0. The highest BCUT2D eigenvalue weighted by atomic mass is 16.5. The molecule has 0 saturated carbocycles. The van der Waals surface area contributed by atoms with Gasteiger partial charge in [0.1, 0.15) is 5.75 Å². The van der Waals surface area contributed by atoms with Gasteiger partial charge >= 0.3 is 0 Å². The predicted octanol–water partition coefficient (Wildman–Crippen LogP) is 5.79. The van der Waals surface area contributed by atoms with E-state index in [-0.39, 0.29) is 12.5 Å². The first-order valence-corrected chi connectivity index (χ1v) is 9.88. The van der Waals surface area contributed by atoms with Gasteiger partial charge in [-0.25, -0.2) is 0 Å². The Bertz CT molecular complexity index is 992. The van der Waals surface area contributed by atoms with Crippen LogP contribution in [0.2, 0.25) is 0 Å². The predicted molar refractivity (Wildman–Crippen MR) is 114 cm³/mol. The molecule has 0 fully saturated rings. The number of amides is 1. The fraction of sp³-hybridized carbons (Fsp3) is 0.240. The zero-order valence-electron chi connectivity index (χ0n) is 16.4. The summed E-state index contributed by atoms with van der Waals surface area (Å²) in [5, 5.41) is 2.94. The molecule has 0 bridgehead atoms. The molecule has 0 aliphatic heterocycles. The minimum atomic E-state index is -0.151. The zero-order valence-corrected chi connectivity index (χ0v) is 16.4. The van der Waals surface area contributed by atoms with Crippen molar-refractivity contribution in [3.63, 3.8) is 0 Å². The van der Waals surface area contributed by atoms with Crippen molar-refractivity contribution in [2.45, 2.75) is 32.6 Å². The number of fused-ring (bicyclic) bond motifs is 3. The number of nitrogens with one attached hydrogen (secondary N) is 1. The maximum absolute atomic E-state index is 12.3. The van der Waals surface area contributed by atoms with Gasteiger partial charge in [0.05, 0.1) is 0 Å². The highest BCUT2D eigenvalue weighted by Gasteiger charge is 2.18. The third-order valence-electron chi connectivity index (χ3n) is 5.51. The number of ether oxygens (including phenoxy) is 1. The molecule has 0 aromatic heterocycles. The number of carbonyl (C=O) groups is 1. The highest BCUT2D eigenvalue weighted by Crippen LogP contribution is 2.37. The van der Waals surface area contributed by atoms with Crippen LogP contribution < -0.4 is 10.1 Å². The van der Waals surface area contributed by atoms with E-state index in [0.717, 1.165) is 18.5 Å². The highest BCUT2D eigenvalue weighted by molar-refractivity contribution is 5.92. The van der Waals surface area contributed by atoms with Crippen LogP contribution in [0.4, 0.5) is 5.69 Å². The monoisotopic (exact) mass is 371 g/mol. The van der Waals surface area contributed by atoms with E-state index in [1.165, 1.54) is 27.8 Å². The molecule has 3 nitrogen and oxygen atoms in total. The lowest BCUT2D eigenvalue weighted by molar-refractivity contribution is -0.118. The fourth-order valence-electron chi connectivity index (χ4n) is 3.70. The van der Waals surface area contributed by atoms with E-state index in [2.05, 4.69) is 67.7 Å². The number of rotatable bonds is 6. The van der Waals surface area contributed by atoms with E-state index >= 15 is 0 Å². The van der Waals surface area contributed by atoms with E-state index < -0.39 is 0 Å². The lowest BCUT2D eigenvalue weighted by atomic mass is 9.99. The minimum Gasteiger partial charge on any atom is -0.484 e. The van der Waals surface area contributed by atoms with Crippen LogP contribution in [-0.2, 0) is 11.2 Å². The van der Waals surface area contributed by atoms with Gasteiger partial charge in [0.15, 0.2) is 6.61 Å². The molecular weight excluding hydrogens is 346 g/mol. The molecule has 0 heterocycles. The van der Waals surface area contributed by atoms with E-state index in [9.17, 15) is 4.79 Å². The third kappa shape index (κ3) is 3.79. The van der Waals surface area contributed by atoms with Crippen LogP contribution in [0.5, 0.6) is 5.75 Å². The maximum Gasteiger partial charge on any atom is 0.262 e. The molecule has 4 rings (SSSR count). The van der Waals surface area contributed by atoms with Gasteiger partial charge in [-0.15, -0.1) is 0 Å². The molecule has 1 N–H and O–H groups in total. The standard InChI is InChI=1S/C25H25NO2/c1-3-17(2)18-8-11-22(12-9-18)28-16-25(27)26-21-10-13-24-20(15-21)14-19-6-4-5-7-23(19)24/h4-13,15,17H,3,14,16H2,1-2H3,(H,26,27)/t17-/m1/s1. The van der Waals surface area contributed by atoms with Gasteiger partial charge < -0.3 is 10.1 Å². The summed E-state index contributed by atoms with van der Waals surface area (Å²) in [5.41, 5.74) is 7.24. The smallest absolute Gasteiger partial charge is 0.262 e. The lowest BCUT2D eigenvalue weighted by Gasteiger charge is -2.11. The Kier molecular flexibility index (Phi) is 5.16. The number of hydrogen-bond acceptors (Lipinski definition) is 2. The molecule has 0 spiro atoms. The first-order chi connectivity index (χ1) is 13.6. The molecule has 28 heavy (non-hydrogen) atoms. The van der Waals surface area contributed by atoms with Crippen molar-refractivity contribution >= 4 is 11.6 Å². The van der Waals surface area contributed by atoms with Gasteiger partial charge in [-0.2, -0.15) is 0 Å². The first kappa shape index (κ1) is 18.3. The summed E-state index contributed by atoms with van der Waals surface area (Å²) in [6.07, 6.45) is 2.02. The van der Waals surface area contributed by atoms with Crippen molar-refractivity contribution in [3.8, 4) is 16.9 Å². The molecule has 1 aliphatic carbocycles. The molecule has 3 heteroatoms. The van der Waals surface area contributed by atoms with Crippen molar-refractivity contribution in [1.82, 2.24) is 0 Å². The Hall–Kier alpha value is -3.07. The zero-order chi connectivity index (χ0) is 19.5. The van der Waals surface area contributed by atoms with Crippen molar-refractivity contribution in [3.05, 3.63) is 83.4 Å². The molecule has 3 aromatic carbocycles. The van der Waals surface area contributed by atoms with Gasteiger partial charge in [0.25, 0.3) is 5.91 Å². The summed E-state index contributed by atoms with van der Waals surface area (Å²) < 4.78 is 5.64.